The van der Waals surface area contributed by atoms with Crippen LogP contribution in [0.2, 0.25) is 0 Å². The van der Waals surface area contributed by atoms with Crippen molar-refractivity contribution in [3.05, 3.63) is 0 Å². The molecule has 4 bridgehead atoms. The lowest BCUT2D eigenvalue weighted by Gasteiger charge is -2.55. The van der Waals surface area contributed by atoms with Crippen LogP contribution in [0.15, 0.2) is 0 Å². The van der Waals surface area contributed by atoms with Crippen LogP contribution in [-0.2, 0) is 9.59 Å². The number of carbonyl (C=O) groups is 2. The van der Waals surface area contributed by atoms with Crippen molar-refractivity contribution >= 4 is 11.8 Å². The van der Waals surface area contributed by atoms with Crippen LogP contribution in [-0.4, -0.2) is 36.3 Å². The molecule has 146 valence electrons. The predicted octanol–water partition coefficient (Wildman–Crippen LogP) is 3.89. The summed E-state index contributed by atoms with van der Waals surface area (Å²) >= 11 is 0. The van der Waals surface area contributed by atoms with E-state index in [1.165, 1.54) is 44.9 Å². The van der Waals surface area contributed by atoms with Gasteiger partial charge in [0.25, 0.3) is 0 Å². The lowest BCUT2D eigenvalue weighted by molar-refractivity contribution is -0.146. The number of amides is 2. The van der Waals surface area contributed by atoms with Gasteiger partial charge in [-0.25, -0.2) is 0 Å². The fourth-order valence-electron chi connectivity index (χ4n) is 6.88. The molecule has 0 aliphatic heterocycles. The number of carbonyl (C=O) groups excluding carboxylic acids is 2. The van der Waals surface area contributed by atoms with Crippen LogP contribution in [0.25, 0.3) is 0 Å². The molecule has 0 radical (unpaired) electrons. The molecule has 0 heterocycles. The monoisotopic (exact) mass is 360 g/mol. The van der Waals surface area contributed by atoms with Crippen molar-refractivity contribution in [3.8, 4) is 0 Å². The van der Waals surface area contributed by atoms with E-state index in [2.05, 4.69) is 5.32 Å². The standard InChI is InChI=1S/C22H36N2O2/c1-24(19-6-4-2-3-5-7-19)20(25)8-9-23-21(26)22-13-16-10-17(14-22)12-18(11-16)15-22/h16-19H,2-15H2,1H3,(H,23,26). The fraction of sp³-hybridized carbons (Fsp3) is 0.909. The molecule has 0 aromatic carbocycles. The zero-order chi connectivity index (χ0) is 18.1. The zero-order valence-electron chi connectivity index (χ0n) is 16.5. The largest absolute Gasteiger partial charge is 0.355 e. The van der Waals surface area contributed by atoms with Crippen LogP contribution in [0, 0.1) is 23.2 Å². The Morgan fingerprint density at radius 3 is 2.00 bits per heavy atom. The average Bonchev–Trinajstić information content (AvgIpc) is 2.89. The maximum atomic E-state index is 13.0. The average molecular weight is 361 g/mol. The molecule has 2 amide bonds. The van der Waals surface area contributed by atoms with Crippen molar-refractivity contribution in [1.82, 2.24) is 10.2 Å². The summed E-state index contributed by atoms with van der Waals surface area (Å²) < 4.78 is 0. The van der Waals surface area contributed by atoms with E-state index >= 15 is 0 Å². The highest BCUT2D eigenvalue weighted by Crippen LogP contribution is 2.60. The molecule has 0 saturated heterocycles. The zero-order valence-corrected chi connectivity index (χ0v) is 16.5. The van der Waals surface area contributed by atoms with Gasteiger partial charge in [-0.15, -0.1) is 0 Å². The van der Waals surface area contributed by atoms with Gasteiger partial charge < -0.3 is 10.2 Å². The van der Waals surface area contributed by atoms with Crippen LogP contribution in [0.1, 0.15) is 83.5 Å². The van der Waals surface area contributed by atoms with Crippen molar-refractivity contribution < 1.29 is 9.59 Å². The minimum absolute atomic E-state index is 0.0923. The van der Waals surface area contributed by atoms with Crippen molar-refractivity contribution in [1.29, 1.82) is 0 Å². The Balaban J connectivity index is 1.25. The molecule has 5 aliphatic rings. The molecule has 5 aliphatic carbocycles. The Labute approximate surface area is 158 Å². The van der Waals surface area contributed by atoms with Gasteiger partial charge in [-0.2, -0.15) is 0 Å². The van der Waals surface area contributed by atoms with Crippen molar-refractivity contribution in [2.24, 2.45) is 23.2 Å². The van der Waals surface area contributed by atoms with E-state index in [1.54, 1.807) is 0 Å². The molecule has 5 saturated carbocycles. The highest BCUT2D eigenvalue weighted by Gasteiger charge is 2.54. The van der Waals surface area contributed by atoms with Crippen molar-refractivity contribution in [2.75, 3.05) is 13.6 Å². The van der Waals surface area contributed by atoms with E-state index in [4.69, 9.17) is 0 Å². The summed E-state index contributed by atoms with van der Waals surface area (Å²) in [4.78, 5) is 27.5. The van der Waals surface area contributed by atoms with Crippen molar-refractivity contribution in [2.45, 2.75) is 89.5 Å². The summed E-state index contributed by atoms with van der Waals surface area (Å²) in [5.74, 6) is 2.81. The molecule has 0 unspecified atom stereocenters. The second-order valence-electron chi connectivity index (χ2n) is 9.85. The Bertz CT molecular complexity index is 501. The molecule has 0 spiro atoms. The molecular weight excluding hydrogens is 324 g/mol. The second-order valence-corrected chi connectivity index (χ2v) is 9.85. The van der Waals surface area contributed by atoms with Crippen LogP contribution < -0.4 is 5.32 Å². The third kappa shape index (κ3) is 3.66. The Morgan fingerprint density at radius 1 is 0.923 bits per heavy atom. The summed E-state index contributed by atoms with van der Waals surface area (Å²) in [7, 11) is 1.96. The van der Waals surface area contributed by atoms with Gasteiger partial charge in [0.2, 0.25) is 11.8 Å². The minimum atomic E-state index is -0.0923. The molecule has 5 fully saturated rings. The van der Waals surface area contributed by atoms with Gasteiger partial charge in [0, 0.05) is 31.5 Å². The quantitative estimate of drug-likeness (QED) is 0.756. The van der Waals surface area contributed by atoms with Gasteiger partial charge in [-0.1, -0.05) is 25.7 Å². The molecule has 4 heteroatoms. The minimum Gasteiger partial charge on any atom is -0.355 e. The highest BCUT2D eigenvalue weighted by atomic mass is 16.2. The first-order valence-corrected chi connectivity index (χ1v) is 11.1. The number of hydrogen-bond acceptors (Lipinski definition) is 2. The van der Waals surface area contributed by atoms with E-state index in [1.807, 2.05) is 11.9 Å². The van der Waals surface area contributed by atoms with E-state index in [-0.39, 0.29) is 17.2 Å². The Morgan fingerprint density at radius 2 is 1.46 bits per heavy atom. The fourth-order valence-corrected chi connectivity index (χ4v) is 6.88. The smallest absolute Gasteiger partial charge is 0.226 e. The van der Waals surface area contributed by atoms with E-state index in [0.29, 0.717) is 19.0 Å². The molecule has 26 heavy (non-hydrogen) atoms. The Hall–Kier alpha value is -1.06. The number of nitrogens with zero attached hydrogens (tertiary/aromatic N) is 1. The molecule has 0 aromatic heterocycles. The summed E-state index contributed by atoms with van der Waals surface area (Å²) in [6, 6.07) is 0.406. The van der Waals surface area contributed by atoms with Gasteiger partial charge in [0.1, 0.15) is 0 Å². The van der Waals surface area contributed by atoms with E-state index in [9.17, 15) is 9.59 Å². The third-order valence-corrected chi connectivity index (χ3v) is 7.91. The normalized spacial score (nSPS) is 36.6. The highest BCUT2D eigenvalue weighted by molar-refractivity contribution is 5.84. The maximum absolute atomic E-state index is 13.0. The Kier molecular flexibility index (Phi) is 5.29. The van der Waals surface area contributed by atoms with E-state index in [0.717, 1.165) is 49.9 Å². The number of nitrogens with one attached hydrogen (secondary N) is 1. The lowest BCUT2D eigenvalue weighted by atomic mass is 9.49. The molecule has 5 rings (SSSR count). The van der Waals surface area contributed by atoms with Crippen LogP contribution in [0.4, 0.5) is 0 Å². The van der Waals surface area contributed by atoms with Gasteiger partial charge in [0.05, 0.1) is 0 Å². The third-order valence-electron chi connectivity index (χ3n) is 7.91. The van der Waals surface area contributed by atoms with Crippen LogP contribution in [0.5, 0.6) is 0 Å². The molecular formula is C22H36N2O2. The predicted molar refractivity (Wildman–Crippen MR) is 102 cm³/mol. The first kappa shape index (κ1) is 18.3. The number of rotatable bonds is 5. The van der Waals surface area contributed by atoms with Gasteiger partial charge in [0.15, 0.2) is 0 Å². The first-order chi connectivity index (χ1) is 12.6. The molecule has 4 nitrogen and oxygen atoms in total. The van der Waals surface area contributed by atoms with Gasteiger partial charge in [-0.3, -0.25) is 9.59 Å². The summed E-state index contributed by atoms with van der Waals surface area (Å²) in [5, 5.41) is 3.15. The molecule has 0 aromatic rings. The lowest BCUT2D eigenvalue weighted by Crippen LogP contribution is -2.53. The maximum Gasteiger partial charge on any atom is 0.226 e. The van der Waals surface area contributed by atoms with E-state index < -0.39 is 0 Å². The van der Waals surface area contributed by atoms with Crippen molar-refractivity contribution in [3.63, 3.8) is 0 Å². The molecule has 1 N–H and O–H groups in total. The topological polar surface area (TPSA) is 49.4 Å². The summed E-state index contributed by atoms with van der Waals surface area (Å²) in [6.07, 6.45) is 15.2. The van der Waals surface area contributed by atoms with Gasteiger partial charge in [-0.05, 0) is 69.1 Å². The van der Waals surface area contributed by atoms with Crippen LogP contribution >= 0.6 is 0 Å². The number of hydrogen-bond donors (Lipinski definition) is 1. The second kappa shape index (κ2) is 7.52. The summed E-state index contributed by atoms with van der Waals surface area (Å²) in [5.41, 5.74) is -0.0923. The summed E-state index contributed by atoms with van der Waals surface area (Å²) in [6.45, 7) is 0.510. The first-order valence-electron chi connectivity index (χ1n) is 11.1. The SMILES string of the molecule is CN(C(=O)CCNC(=O)C12CC3CC(CC(C3)C1)C2)C1CCCCCC1. The molecule has 0 atom stereocenters. The van der Waals surface area contributed by atoms with Gasteiger partial charge >= 0.3 is 0 Å². The van der Waals surface area contributed by atoms with Crippen LogP contribution in [0.3, 0.4) is 0 Å².